The molecule has 0 aliphatic rings. The van der Waals surface area contributed by atoms with Gasteiger partial charge in [0.2, 0.25) is 0 Å². The van der Waals surface area contributed by atoms with Crippen LogP contribution in [0.5, 0.6) is 0 Å². The number of ether oxygens (including phenoxy) is 1. The average Bonchev–Trinajstić information content (AvgIpc) is 1.98. The molecule has 0 fully saturated rings. The second kappa shape index (κ2) is 7.43. The second-order valence-electron chi connectivity index (χ2n) is 2.82. The van der Waals surface area contributed by atoms with Crippen LogP contribution in [0.2, 0.25) is 0 Å². The molecule has 0 radical (unpaired) electrons. The number of hydrogen-bond donors (Lipinski definition) is 4. The first-order valence-corrected chi connectivity index (χ1v) is 3.78. The molecular formula is C7H10CaO9. The van der Waals surface area contributed by atoms with E-state index in [9.17, 15) is 24.3 Å². The molecule has 0 spiro atoms. The monoisotopic (exact) mass is 278 g/mol. The van der Waals surface area contributed by atoms with Crippen molar-refractivity contribution < 1.29 is 44.3 Å². The summed E-state index contributed by atoms with van der Waals surface area (Å²) in [5.41, 5.74) is -2.89. The van der Waals surface area contributed by atoms with Gasteiger partial charge in [-0.3, -0.25) is 9.59 Å². The van der Waals surface area contributed by atoms with Crippen molar-refractivity contribution in [1.82, 2.24) is 0 Å². The first kappa shape index (κ1) is 18.5. The molecule has 1 atom stereocenters. The number of esters is 1. The van der Waals surface area contributed by atoms with E-state index in [4.69, 9.17) is 15.3 Å². The molecular weight excluding hydrogens is 268 g/mol. The molecule has 0 aliphatic carbocycles. The third-order valence-corrected chi connectivity index (χ3v) is 1.48. The normalized spacial score (nSPS) is 12.8. The predicted octanol–water partition coefficient (Wildman–Crippen LogP) is -2.03. The van der Waals surface area contributed by atoms with Gasteiger partial charge in [-0.25, -0.2) is 9.59 Å². The summed E-state index contributed by atoms with van der Waals surface area (Å²) >= 11 is 0. The van der Waals surface area contributed by atoms with Gasteiger partial charge in [0, 0.05) is 0 Å². The van der Waals surface area contributed by atoms with Gasteiger partial charge in [-0.05, 0) is 0 Å². The van der Waals surface area contributed by atoms with E-state index < -0.39 is 42.5 Å². The van der Waals surface area contributed by atoms with Gasteiger partial charge in [0.1, 0.15) is 0 Å². The number of carboxylic acids is 2. The van der Waals surface area contributed by atoms with E-state index >= 15 is 0 Å². The number of hydrogen-bond acceptors (Lipinski definition) is 6. The summed E-state index contributed by atoms with van der Waals surface area (Å²) in [6, 6.07) is 0. The van der Waals surface area contributed by atoms with Crippen molar-refractivity contribution in [3.05, 3.63) is 0 Å². The Labute approximate surface area is 124 Å². The van der Waals surface area contributed by atoms with E-state index in [1.54, 1.807) is 0 Å². The molecule has 0 rings (SSSR count). The molecule has 94 valence electrons. The van der Waals surface area contributed by atoms with Crippen LogP contribution in [0.4, 0.5) is 4.79 Å². The maximum atomic E-state index is 10.7. The van der Waals surface area contributed by atoms with Gasteiger partial charge in [-0.15, -0.1) is 0 Å². The van der Waals surface area contributed by atoms with E-state index in [0.29, 0.717) is 0 Å². The third-order valence-electron chi connectivity index (χ3n) is 1.48. The quantitative estimate of drug-likeness (QED) is 0.253. The predicted molar refractivity (Wildman–Crippen MR) is 52.1 cm³/mol. The van der Waals surface area contributed by atoms with Crippen LogP contribution in [0.25, 0.3) is 0 Å². The van der Waals surface area contributed by atoms with Crippen LogP contribution < -0.4 is 0 Å². The summed E-state index contributed by atoms with van der Waals surface area (Å²) in [6.45, 7) is 0. The zero-order valence-electron chi connectivity index (χ0n) is 7.74. The summed E-state index contributed by atoms with van der Waals surface area (Å²) in [7, 11) is 0. The summed E-state index contributed by atoms with van der Waals surface area (Å²) in [5, 5.41) is 34.1. The molecule has 9 nitrogen and oxygen atoms in total. The van der Waals surface area contributed by atoms with E-state index in [1.165, 1.54) is 0 Å². The van der Waals surface area contributed by atoms with Crippen molar-refractivity contribution in [1.29, 1.82) is 0 Å². The number of carboxylic acid groups (broad SMARTS) is 3. The van der Waals surface area contributed by atoms with Gasteiger partial charge in [0.25, 0.3) is 0 Å². The first-order valence-electron chi connectivity index (χ1n) is 3.78. The molecule has 0 amide bonds. The van der Waals surface area contributed by atoms with Gasteiger partial charge in [0.05, 0.1) is 12.8 Å². The van der Waals surface area contributed by atoms with Crippen LogP contribution in [0, 0.1) is 0 Å². The van der Waals surface area contributed by atoms with E-state index in [0.717, 1.165) is 0 Å². The Kier molecular flexibility index (Phi) is 8.07. The number of aliphatic hydroxyl groups is 1. The average molecular weight is 278 g/mol. The molecule has 10 heteroatoms. The standard InChI is InChI=1S/C7H8O9.Ca.2H/c8-3(9)1-7(15,5(11)12)2-4(10)16-6(13)14;;;/h15H,1-2H2,(H,8,9)(H,11,12)(H,13,14);;;. The Morgan fingerprint density at radius 2 is 1.47 bits per heavy atom. The van der Waals surface area contributed by atoms with Crippen molar-refractivity contribution >= 4 is 61.8 Å². The molecule has 0 aromatic rings. The van der Waals surface area contributed by atoms with E-state index in [2.05, 4.69) is 4.74 Å². The van der Waals surface area contributed by atoms with Gasteiger partial charge >= 0.3 is 61.8 Å². The molecule has 4 N–H and O–H groups in total. The number of aliphatic carboxylic acids is 2. The Morgan fingerprint density at radius 3 is 1.76 bits per heavy atom. The van der Waals surface area contributed by atoms with Crippen LogP contribution in [-0.4, -0.2) is 87.8 Å². The SMILES string of the molecule is O=C(O)CC(O)(CC(=O)OC(=O)O)C(=O)O.[CaH2]. The molecule has 0 bridgehead atoms. The molecule has 0 saturated heterocycles. The fraction of sp³-hybridized carbons (Fsp3) is 0.429. The summed E-state index contributed by atoms with van der Waals surface area (Å²) in [6.07, 6.45) is -4.51. The van der Waals surface area contributed by atoms with Crippen molar-refractivity contribution in [2.75, 3.05) is 0 Å². The van der Waals surface area contributed by atoms with Crippen molar-refractivity contribution in [2.45, 2.75) is 18.4 Å². The van der Waals surface area contributed by atoms with Gasteiger partial charge < -0.3 is 25.2 Å². The molecule has 17 heavy (non-hydrogen) atoms. The molecule has 0 heterocycles. The van der Waals surface area contributed by atoms with E-state index in [1.807, 2.05) is 0 Å². The van der Waals surface area contributed by atoms with Crippen molar-refractivity contribution in [3.63, 3.8) is 0 Å². The fourth-order valence-corrected chi connectivity index (χ4v) is 0.836. The number of rotatable bonds is 5. The summed E-state index contributed by atoms with van der Waals surface area (Å²) < 4.78 is 3.54. The van der Waals surface area contributed by atoms with Crippen LogP contribution in [0.1, 0.15) is 12.8 Å². The number of carbonyl (C=O) groups excluding carboxylic acids is 1. The molecule has 1 unspecified atom stereocenters. The fourth-order valence-electron chi connectivity index (χ4n) is 0.836. The number of carbonyl (C=O) groups is 4. The van der Waals surface area contributed by atoms with Crippen molar-refractivity contribution in [2.24, 2.45) is 0 Å². The van der Waals surface area contributed by atoms with Crippen molar-refractivity contribution in [3.8, 4) is 0 Å². The van der Waals surface area contributed by atoms with Gasteiger partial charge in [-0.2, -0.15) is 0 Å². The zero-order valence-corrected chi connectivity index (χ0v) is 7.74. The van der Waals surface area contributed by atoms with Gasteiger partial charge in [0.15, 0.2) is 5.60 Å². The molecule has 0 aliphatic heterocycles. The minimum absolute atomic E-state index is 0. The van der Waals surface area contributed by atoms with Crippen LogP contribution >= 0.6 is 0 Å². The van der Waals surface area contributed by atoms with Crippen LogP contribution in [0.3, 0.4) is 0 Å². The Morgan fingerprint density at radius 1 is 1.00 bits per heavy atom. The Balaban J connectivity index is 0. The topological polar surface area (TPSA) is 158 Å². The van der Waals surface area contributed by atoms with Crippen LogP contribution in [0.15, 0.2) is 0 Å². The molecule has 0 aromatic heterocycles. The van der Waals surface area contributed by atoms with E-state index in [-0.39, 0.29) is 37.7 Å². The van der Waals surface area contributed by atoms with Gasteiger partial charge in [-0.1, -0.05) is 0 Å². The molecule has 0 saturated carbocycles. The van der Waals surface area contributed by atoms with Crippen LogP contribution in [-0.2, 0) is 19.1 Å². The third kappa shape index (κ3) is 7.10. The molecule has 0 aromatic carbocycles. The summed E-state index contributed by atoms with van der Waals surface area (Å²) in [5.74, 6) is -5.18. The maximum absolute atomic E-state index is 10.7. The Bertz CT molecular complexity index is 338. The minimum atomic E-state index is -2.89. The summed E-state index contributed by atoms with van der Waals surface area (Å²) in [4.78, 5) is 41.4. The zero-order chi connectivity index (χ0) is 12.9. The Hall–Kier alpha value is -0.900. The second-order valence-corrected chi connectivity index (χ2v) is 2.82. The first-order chi connectivity index (χ1) is 7.17.